The largest absolute Gasteiger partial charge is 0.462 e. The van der Waals surface area contributed by atoms with Crippen LogP contribution in [0.4, 0.5) is 0 Å². The summed E-state index contributed by atoms with van der Waals surface area (Å²) < 4.78 is 16.7. The summed E-state index contributed by atoms with van der Waals surface area (Å²) in [6, 6.07) is 0. The minimum atomic E-state index is -0.830. The number of allylic oxidation sites excluding steroid dienone is 19. The van der Waals surface area contributed by atoms with Gasteiger partial charge in [-0.15, -0.1) is 0 Å². The number of hydrogen-bond donors (Lipinski definition) is 0. The molecule has 0 bridgehead atoms. The summed E-state index contributed by atoms with van der Waals surface area (Å²) in [7, 11) is 0. The predicted molar refractivity (Wildman–Crippen MR) is 339 cm³/mol. The van der Waals surface area contributed by atoms with E-state index < -0.39 is 12.1 Å². The van der Waals surface area contributed by atoms with Gasteiger partial charge in [0.05, 0.1) is 6.42 Å². The Balaban J connectivity index is 4.12. The molecule has 78 heavy (non-hydrogen) atoms. The SMILES string of the molecule is CC/C=C\C/C=C\C/C=C\C/C=C\C/C=C\CCCCCCCCCCCCCCCCCCCCCC(=O)OCC(COC(=O)CCCCCCCCCCCC)OC(=O)C/C=C\C/C=C\C/C=C\C/C=C\C/C=C\CC. The van der Waals surface area contributed by atoms with Crippen LogP contribution >= 0.6 is 0 Å². The fraction of sp³-hybridized carbons (Fsp3) is 0.681. The molecule has 0 aromatic carbocycles. The number of carbonyl (C=O) groups is 3. The molecule has 1 unspecified atom stereocenters. The van der Waals surface area contributed by atoms with Crippen molar-refractivity contribution < 1.29 is 28.6 Å². The standard InChI is InChI=1S/C72H120O6/c1-4-7-10-13-16-19-22-24-26-27-28-29-30-31-32-33-34-35-36-37-38-39-40-41-42-43-44-45-47-48-50-53-56-59-62-65-71(74)77-68-69(67-76-70(73)64-61-58-55-52-21-18-15-12-9-6-3)78-72(75)66-63-60-57-54-51-49-46-25-23-20-17-14-11-8-5-2/h7-8,10-11,16-17,19-20,24-26,28-29,31-32,46,51,54,60,63,69H,4-6,9,12-15,18,21-23,27,30,33-45,47-50,52-53,55-59,61-62,64-68H2,1-3H3/b10-7-,11-8-,19-16-,20-17-,26-24-,29-28-,32-31-,46-25-,54-51-,63-60-. The van der Waals surface area contributed by atoms with Gasteiger partial charge >= 0.3 is 17.9 Å². The van der Waals surface area contributed by atoms with Crippen molar-refractivity contribution in [1.82, 2.24) is 0 Å². The van der Waals surface area contributed by atoms with Gasteiger partial charge < -0.3 is 14.2 Å². The monoisotopic (exact) mass is 1080 g/mol. The van der Waals surface area contributed by atoms with E-state index in [0.29, 0.717) is 12.8 Å². The van der Waals surface area contributed by atoms with Crippen LogP contribution < -0.4 is 0 Å². The molecule has 0 aliphatic rings. The Bertz CT molecular complexity index is 1620. The van der Waals surface area contributed by atoms with E-state index in [1.807, 2.05) is 6.08 Å². The second-order valence-electron chi connectivity index (χ2n) is 21.3. The van der Waals surface area contributed by atoms with E-state index in [2.05, 4.69) is 130 Å². The molecule has 0 aliphatic carbocycles. The summed E-state index contributed by atoms with van der Waals surface area (Å²) in [5.41, 5.74) is 0. The van der Waals surface area contributed by atoms with Gasteiger partial charge in [0, 0.05) is 12.8 Å². The van der Waals surface area contributed by atoms with Crippen LogP contribution in [-0.2, 0) is 28.6 Å². The first-order chi connectivity index (χ1) is 38.5. The van der Waals surface area contributed by atoms with Crippen molar-refractivity contribution in [3.63, 3.8) is 0 Å². The van der Waals surface area contributed by atoms with Gasteiger partial charge in [-0.1, -0.05) is 309 Å². The average Bonchev–Trinajstić information content (AvgIpc) is 3.44. The molecule has 0 radical (unpaired) electrons. The zero-order valence-electron chi connectivity index (χ0n) is 50.9. The summed E-state index contributed by atoms with van der Waals surface area (Å²) >= 11 is 0. The summed E-state index contributed by atoms with van der Waals surface area (Å²) in [5.74, 6) is -1.04. The van der Waals surface area contributed by atoms with Crippen LogP contribution in [0.1, 0.15) is 297 Å². The third-order valence-corrected chi connectivity index (χ3v) is 13.7. The van der Waals surface area contributed by atoms with E-state index in [-0.39, 0.29) is 31.6 Å². The first-order valence-corrected chi connectivity index (χ1v) is 32.5. The number of esters is 3. The third kappa shape index (κ3) is 62.7. The van der Waals surface area contributed by atoms with E-state index in [9.17, 15) is 14.4 Å². The normalized spacial score (nSPS) is 12.9. The summed E-state index contributed by atoms with van der Waals surface area (Å²) in [5, 5.41) is 0. The van der Waals surface area contributed by atoms with Gasteiger partial charge in [-0.25, -0.2) is 0 Å². The molecular weight excluding hydrogens is 961 g/mol. The smallest absolute Gasteiger partial charge is 0.310 e. The van der Waals surface area contributed by atoms with Crippen LogP contribution in [-0.4, -0.2) is 37.2 Å². The molecule has 0 fully saturated rings. The number of carbonyl (C=O) groups excluding carboxylic acids is 3. The topological polar surface area (TPSA) is 78.9 Å². The van der Waals surface area contributed by atoms with E-state index >= 15 is 0 Å². The number of unbranched alkanes of at least 4 members (excludes halogenated alkanes) is 28. The summed E-state index contributed by atoms with van der Waals surface area (Å²) in [6.45, 7) is 6.33. The second-order valence-corrected chi connectivity index (χ2v) is 21.3. The van der Waals surface area contributed by atoms with Crippen LogP contribution in [0, 0.1) is 0 Å². The van der Waals surface area contributed by atoms with E-state index in [1.54, 1.807) is 6.08 Å². The van der Waals surface area contributed by atoms with Crippen LogP contribution in [0.25, 0.3) is 0 Å². The summed E-state index contributed by atoms with van der Waals surface area (Å²) in [4.78, 5) is 38.1. The highest BCUT2D eigenvalue weighted by molar-refractivity contribution is 5.72. The molecule has 0 amide bonds. The zero-order chi connectivity index (χ0) is 56.4. The molecule has 1 atom stereocenters. The Morgan fingerprint density at radius 2 is 0.538 bits per heavy atom. The minimum Gasteiger partial charge on any atom is -0.462 e. The lowest BCUT2D eigenvalue weighted by Crippen LogP contribution is -2.30. The van der Waals surface area contributed by atoms with E-state index in [0.717, 1.165) is 103 Å². The van der Waals surface area contributed by atoms with Gasteiger partial charge in [0.25, 0.3) is 0 Å². The lowest BCUT2D eigenvalue weighted by molar-refractivity contribution is -0.166. The van der Waals surface area contributed by atoms with Crippen LogP contribution in [0.2, 0.25) is 0 Å². The highest BCUT2D eigenvalue weighted by atomic mass is 16.6. The van der Waals surface area contributed by atoms with Gasteiger partial charge in [0.1, 0.15) is 13.2 Å². The second kappa shape index (κ2) is 65.3. The molecule has 0 aromatic rings. The molecule has 0 aromatic heterocycles. The molecule has 6 nitrogen and oxygen atoms in total. The molecule has 0 spiro atoms. The fourth-order valence-corrected chi connectivity index (χ4v) is 8.96. The van der Waals surface area contributed by atoms with Gasteiger partial charge in [0.15, 0.2) is 6.10 Å². The first-order valence-electron chi connectivity index (χ1n) is 32.5. The molecule has 0 saturated carbocycles. The molecule has 0 saturated heterocycles. The third-order valence-electron chi connectivity index (χ3n) is 13.7. The van der Waals surface area contributed by atoms with Crippen LogP contribution in [0.3, 0.4) is 0 Å². The average molecular weight is 1080 g/mol. The maximum Gasteiger partial charge on any atom is 0.310 e. The first kappa shape index (κ1) is 73.8. The minimum absolute atomic E-state index is 0.0973. The summed E-state index contributed by atoms with van der Waals surface area (Å²) in [6.07, 6.45) is 91.2. The molecule has 0 N–H and O–H groups in total. The van der Waals surface area contributed by atoms with Gasteiger partial charge in [-0.2, -0.15) is 0 Å². The lowest BCUT2D eigenvalue weighted by atomic mass is 10.0. The quantitative estimate of drug-likeness (QED) is 0.0261. The Hall–Kier alpha value is -4.19. The van der Waals surface area contributed by atoms with Crippen molar-refractivity contribution in [2.45, 2.75) is 303 Å². The number of rotatable bonds is 58. The molecule has 444 valence electrons. The molecule has 6 heteroatoms. The molecule has 0 rings (SSSR count). The van der Waals surface area contributed by atoms with Crippen molar-refractivity contribution >= 4 is 17.9 Å². The van der Waals surface area contributed by atoms with Crippen molar-refractivity contribution in [2.75, 3.05) is 13.2 Å². The fourth-order valence-electron chi connectivity index (χ4n) is 8.96. The van der Waals surface area contributed by atoms with Crippen molar-refractivity contribution in [1.29, 1.82) is 0 Å². The maximum atomic E-state index is 12.8. The molecule has 0 aliphatic heterocycles. The van der Waals surface area contributed by atoms with Crippen LogP contribution in [0.15, 0.2) is 122 Å². The highest BCUT2D eigenvalue weighted by Gasteiger charge is 2.19. The highest BCUT2D eigenvalue weighted by Crippen LogP contribution is 2.17. The van der Waals surface area contributed by atoms with Crippen molar-refractivity contribution in [2.24, 2.45) is 0 Å². The Morgan fingerprint density at radius 1 is 0.282 bits per heavy atom. The predicted octanol–water partition coefficient (Wildman–Crippen LogP) is 22.4. The van der Waals surface area contributed by atoms with Crippen molar-refractivity contribution in [3.05, 3.63) is 122 Å². The zero-order valence-corrected chi connectivity index (χ0v) is 50.9. The van der Waals surface area contributed by atoms with Gasteiger partial charge in [0.2, 0.25) is 0 Å². The van der Waals surface area contributed by atoms with Gasteiger partial charge in [-0.3, -0.25) is 14.4 Å². The maximum absolute atomic E-state index is 12.8. The molecular formula is C72H120O6. The van der Waals surface area contributed by atoms with Crippen molar-refractivity contribution in [3.8, 4) is 0 Å². The number of hydrogen-bond acceptors (Lipinski definition) is 6. The number of ether oxygens (including phenoxy) is 3. The van der Waals surface area contributed by atoms with E-state index in [1.165, 1.54) is 154 Å². The van der Waals surface area contributed by atoms with E-state index in [4.69, 9.17) is 14.2 Å². The lowest BCUT2D eigenvalue weighted by Gasteiger charge is -2.18. The molecule has 0 heterocycles. The Labute approximate surface area is 482 Å². The Morgan fingerprint density at radius 3 is 0.846 bits per heavy atom. The Kier molecular flexibility index (Phi) is 61.8. The van der Waals surface area contributed by atoms with Crippen LogP contribution in [0.5, 0.6) is 0 Å². The van der Waals surface area contributed by atoms with Gasteiger partial charge in [-0.05, 0) is 89.9 Å².